The number of aromatic hydroxyl groups is 1. The van der Waals surface area contributed by atoms with Crippen molar-refractivity contribution >= 4 is 46.4 Å². The Kier molecular flexibility index (Phi) is 12.1. The molecule has 1 unspecified atom stereocenters. The molecule has 5 N–H and O–H groups in total. The first-order chi connectivity index (χ1) is 14.1. The Labute approximate surface area is 197 Å². The molecule has 0 aliphatic heterocycles. The summed E-state index contributed by atoms with van der Waals surface area (Å²) in [6.45, 7) is 3.41. The highest BCUT2D eigenvalue weighted by Crippen LogP contribution is 2.31. The Morgan fingerprint density at radius 2 is 1.90 bits per heavy atom. The molecule has 0 spiro atoms. The number of rotatable bonds is 11. The number of hydrogen-bond acceptors (Lipinski definition) is 7. The number of H-pyrrole nitrogens is 1. The van der Waals surface area contributed by atoms with E-state index in [9.17, 15) is 15.0 Å². The molecule has 172 valence electrons. The number of phenols is 1. The average molecular weight is 490 g/mol. The van der Waals surface area contributed by atoms with Gasteiger partial charge in [-0.1, -0.05) is 41.7 Å². The molecule has 3 rings (SSSR count). The molecule has 7 nitrogen and oxygen atoms in total. The van der Waals surface area contributed by atoms with Gasteiger partial charge < -0.3 is 30.6 Å². The fraction of sp³-hybridized carbons (Fsp3) is 0.381. The number of aromatic nitrogens is 1. The van der Waals surface area contributed by atoms with Crippen LogP contribution in [0.3, 0.4) is 0 Å². The first-order valence-corrected chi connectivity index (χ1v) is 10.4. The molecule has 0 amide bonds. The molecular formula is C21H29Cl2N3O4S. The van der Waals surface area contributed by atoms with E-state index in [-0.39, 0.29) is 35.4 Å². The SMILES string of the molecule is COCCNCc1cccc(CCNCC(O)c2ccc(O)c3[nH]c(=O)sc23)c1.Cl.Cl. The predicted octanol–water partition coefficient (Wildman–Crippen LogP) is 2.74. The van der Waals surface area contributed by atoms with Gasteiger partial charge in [0.25, 0.3) is 0 Å². The smallest absolute Gasteiger partial charge is 0.305 e. The number of ether oxygens (including phenoxy) is 1. The molecule has 31 heavy (non-hydrogen) atoms. The molecule has 0 fully saturated rings. The molecular weight excluding hydrogens is 461 g/mol. The number of fused-ring (bicyclic) bond motifs is 1. The van der Waals surface area contributed by atoms with Crippen molar-refractivity contribution in [2.24, 2.45) is 0 Å². The molecule has 0 radical (unpaired) electrons. The van der Waals surface area contributed by atoms with Crippen molar-refractivity contribution in [2.45, 2.75) is 19.1 Å². The van der Waals surface area contributed by atoms with E-state index in [0.29, 0.717) is 28.9 Å². The zero-order valence-corrected chi connectivity index (χ0v) is 19.7. The van der Waals surface area contributed by atoms with Crippen LogP contribution in [0, 0.1) is 0 Å². The number of aromatic amines is 1. The maximum Gasteiger partial charge on any atom is 0.305 e. The van der Waals surface area contributed by atoms with Gasteiger partial charge in [-0.15, -0.1) is 24.8 Å². The van der Waals surface area contributed by atoms with E-state index in [1.54, 1.807) is 13.2 Å². The normalized spacial score (nSPS) is 11.7. The lowest BCUT2D eigenvalue weighted by Crippen LogP contribution is -2.24. The molecule has 0 aliphatic carbocycles. The average Bonchev–Trinajstić information content (AvgIpc) is 3.11. The van der Waals surface area contributed by atoms with Gasteiger partial charge in [-0.3, -0.25) is 4.79 Å². The zero-order chi connectivity index (χ0) is 20.6. The molecule has 1 aromatic heterocycles. The quantitative estimate of drug-likeness (QED) is 0.265. The number of halogens is 2. The van der Waals surface area contributed by atoms with Crippen LogP contribution in [0.4, 0.5) is 0 Å². The number of thiazole rings is 1. The summed E-state index contributed by atoms with van der Waals surface area (Å²) in [4.78, 5) is 14.0. The molecule has 0 bridgehead atoms. The van der Waals surface area contributed by atoms with Crippen LogP contribution in [0.15, 0.2) is 41.2 Å². The Bertz CT molecular complexity index is 996. The van der Waals surface area contributed by atoms with Gasteiger partial charge in [0.15, 0.2) is 0 Å². The Balaban J connectivity index is 0.00000240. The van der Waals surface area contributed by atoms with Gasteiger partial charge >= 0.3 is 4.87 Å². The van der Waals surface area contributed by atoms with Gasteiger partial charge in [0, 0.05) is 32.3 Å². The summed E-state index contributed by atoms with van der Waals surface area (Å²) in [5, 5.41) is 27.0. The van der Waals surface area contributed by atoms with Crippen LogP contribution in [0.5, 0.6) is 5.75 Å². The molecule has 0 saturated heterocycles. The van der Waals surface area contributed by atoms with Crippen molar-refractivity contribution in [3.63, 3.8) is 0 Å². The van der Waals surface area contributed by atoms with Crippen LogP contribution < -0.4 is 15.5 Å². The summed E-state index contributed by atoms with van der Waals surface area (Å²) in [6.07, 6.45) is 0.0852. The maximum absolute atomic E-state index is 11.6. The number of phenolic OH excluding ortho intramolecular Hbond substituents is 1. The summed E-state index contributed by atoms with van der Waals surface area (Å²) >= 11 is 0.996. The number of benzene rings is 2. The summed E-state index contributed by atoms with van der Waals surface area (Å²) in [7, 11) is 1.69. The highest BCUT2D eigenvalue weighted by atomic mass is 35.5. The van der Waals surface area contributed by atoms with E-state index in [4.69, 9.17) is 4.74 Å². The van der Waals surface area contributed by atoms with Gasteiger partial charge in [-0.2, -0.15) is 0 Å². The van der Waals surface area contributed by atoms with Crippen LogP contribution in [0.1, 0.15) is 22.8 Å². The monoisotopic (exact) mass is 489 g/mol. The van der Waals surface area contributed by atoms with Gasteiger partial charge in [0.1, 0.15) is 11.3 Å². The summed E-state index contributed by atoms with van der Waals surface area (Å²) < 4.78 is 5.63. The molecule has 1 atom stereocenters. The Hall–Kier alpha value is -1.65. The molecule has 1 heterocycles. The Morgan fingerprint density at radius 1 is 1.13 bits per heavy atom. The molecule has 0 saturated carbocycles. The summed E-state index contributed by atoms with van der Waals surface area (Å²) in [5.74, 6) is 0.0128. The zero-order valence-electron chi connectivity index (χ0n) is 17.2. The van der Waals surface area contributed by atoms with E-state index < -0.39 is 6.10 Å². The molecule has 10 heteroatoms. The fourth-order valence-corrected chi connectivity index (χ4v) is 4.10. The van der Waals surface area contributed by atoms with E-state index in [0.717, 1.165) is 37.4 Å². The summed E-state index contributed by atoms with van der Waals surface area (Å²) in [6, 6.07) is 11.6. The largest absolute Gasteiger partial charge is 0.506 e. The van der Waals surface area contributed by atoms with Crippen LogP contribution in [0.2, 0.25) is 0 Å². The molecule has 0 aliphatic rings. The van der Waals surface area contributed by atoms with Gasteiger partial charge in [-0.05, 0) is 30.2 Å². The minimum absolute atomic E-state index is 0. The van der Waals surface area contributed by atoms with Crippen LogP contribution >= 0.6 is 36.2 Å². The van der Waals surface area contributed by atoms with Crippen molar-refractivity contribution in [3.05, 3.63) is 62.8 Å². The van der Waals surface area contributed by atoms with Crippen molar-refractivity contribution in [2.75, 3.05) is 33.4 Å². The van der Waals surface area contributed by atoms with Gasteiger partial charge in [0.2, 0.25) is 0 Å². The van der Waals surface area contributed by atoms with E-state index >= 15 is 0 Å². The number of hydrogen-bond donors (Lipinski definition) is 5. The third-order valence-corrected chi connectivity index (χ3v) is 5.61. The summed E-state index contributed by atoms with van der Waals surface area (Å²) in [5.41, 5.74) is 3.48. The minimum atomic E-state index is -0.763. The topological polar surface area (TPSA) is 107 Å². The van der Waals surface area contributed by atoms with Gasteiger partial charge in [0.05, 0.1) is 17.4 Å². The van der Waals surface area contributed by atoms with Crippen molar-refractivity contribution < 1.29 is 14.9 Å². The van der Waals surface area contributed by atoms with Crippen molar-refractivity contribution in [1.82, 2.24) is 15.6 Å². The highest BCUT2D eigenvalue weighted by Gasteiger charge is 2.15. The molecule has 2 aromatic carbocycles. The van der Waals surface area contributed by atoms with E-state index in [1.807, 2.05) is 0 Å². The van der Waals surface area contributed by atoms with Crippen LogP contribution in [0.25, 0.3) is 10.2 Å². The van der Waals surface area contributed by atoms with Crippen molar-refractivity contribution in [1.29, 1.82) is 0 Å². The third kappa shape index (κ3) is 7.76. The number of methoxy groups -OCH3 is 1. The standard InChI is InChI=1S/C21H27N3O4S.2ClH/c1-28-10-9-23-12-15-4-2-3-14(11-15)7-8-22-13-18(26)16-5-6-17(25)19-20(16)29-21(27)24-19;;/h2-6,11,18,22-23,25-26H,7-10,12-13H2,1H3,(H,24,27);2*1H. The second-order valence-electron chi connectivity index (χ2n) is 6.85. The number of nitrogens with one attached hydrogen (secondary N) is 3. The lowest BCUT2D eigenvalue weighted by Gasteiger charge is -2.13. The van der Waals surface area contributed by atoms with Gasteiger partial charge in [-0.25, -0.2) is 0 Å². The fourth-order valence-electron chi connectivity index (χ4n) is 3.19. The third-order valence-electron chi connectivity index (χ3n) is 4.68. The first-order valence-electron chi connectivity index (χ1n) is 9.59. The second-order valence-corrected chi connectivity index (χ2v) is 7.84. The van der Waals surface area contributed by atoms with Crippen molar-refractivity contribution in [3.8, 4) is 5.75 Å². The second kappa shape index (κ2) is 13.7. The van der Waals surface area contributed by atoms with E-state index in [1.165, 1.54) is 17.2 Å². The lowest BCUT2D eigenvalue weighted by molar-refractivity contribution is 0.176. The number of aliphatic hydroxyl groups excluding tert-OH is 1. The lowest BCUT2D eigenvalue weighted by atomic mass is 10.1. The first kappa shape index (κ1) is 27.4. The Morgan fingerprint density at radius 3 is 2.68 bits per heavy atom. The van der Waals surface area contributed by atoms with Crippen LogP contribution in [-0.2, 0) is 17.7 Å². The maximum atomic E-state index is 11.6. The highest BCUT2D eigenvalue weighted by molar-refractivity contribution is 7.16. The van der Waals surface area contributed by atoms with Crippen LogP contribution in [-0.4, -0.2) is 48.5 Å². The minimum Gasteiger partial charge on any atom is -0.506 e. The molecule has 3 aromatic rings. The number of aliphatic hydroxyl groups is 1. The van der Waals surface area contributed by atoms with E-state index in [2.05, 4.69) is 39.9 Å². The predicted molar refractivity (Wildman–Crippen MR) is 130 cm³/mol.